The first-order valence-electron chi connectivity index (χ1n) is 8.02. The van der Waals surface area contributed by atoms with Crippen LogP contribution in [0.2, 0.25) is 0 Å². The van der Waals surface area contributed by atoms with Crippen molar-refractivity contribution in [3.8, 4) is 11.5 Å². The Bertz CT molecular complexity index is 764. The number of ether oxygens (including phenoxy) is 2. The summed E-state index contributed by atoms with van der Waals surface area (Å²) in [7, 11) is 3.18. The van der Waals surface area contributed by atoms with E-state index in [1.165, 1.54) is 11.1 Å². The number of hydrogen-bond acceptors (Lipinski definition) is 5. The molecule has 25 heavy (non-hydrogen) atoms. The summed E-state index contributed by atoms with van der Waals surface area (Å²) in [5.74, 6) is 1.21. The fourth-order valence-electron chi connectivity index (χ4n) is 2.87. The van der Waals surface area contributed by atoms with E-state index < -0.39 is 0 Å². The highest BCUT2D eigenvalue weighted by molar-refractivity contribution is 5.86. The number of amides is 1. The van der Waals surface area contributed by atoms with Gasteiger partial charge >= 0.3 is 0 Å². The van der Waals surface area contributed by atoms with Crippen LogP contribution in [0.5, 0.6) is 11.5 Å². The predicted octanol–water partition coefficient (Wildman–Crippen LogP) is 2.17. The van der Waals surface area contributed by atoms with E-state index in [9.17, 15) is 4.79 Å². The Morgan fingerprint density at radius 2 is 1.88 bits per heavy atom. The van der Waals surface area contributed by atoms with Gasteiger partial charge in [0.05, 0.1) is 27.0 Å². The van der Waals surface area contributed by atoms with Crippen molar-refractivity contribution in [3.05, 3.63) is 59.2 Å². The lowest BCUT2D eigenvalue weighted by atomic mass is 10.1. The third-order valence-electron chi connectivity index (χ3n) is 4.10. The summed E-state index contributed by atoms with van der Waals surface area (Å²) in [5.41, 5.74) is 5.85. The van der Waals surface area contributed by atoms with Crippen molar-refractivity contribution in [2.75, 3.05) is 20.8 Å². The molecule has 0 unspecified atom stereocenters. The summed E-state index contributed by atoms with van der Waals surface area (Å²) >= 11 is 0. The molecular formula is C19H21N3O3. The number of rotatable bonds is 6. The summed E-state index contributed by atoms with van der Waals surface area (Å²) < 4.78 is 10.5. The Hall–Kier alpha value is -2.86. The van der Waals surface area contributed by atoms with Crippen LogP contribution in [-0.2, 0) is 17.9 Å². The largest absolute Gasteiger partial charge is 0.497 e. The first-order valence-corrected chi connectivity index (χ1v) is 8.02. The van der Waals surface area contributed by atoms with E-state index in [0.717, 1.165) is 18.7 Å². The molecule has 2 aromatic rings. The van der Waals surface area contributed by atoms with Crippen LogP contribution in [0.3, 0.4) is 0 Å². The Morgan fingerprint density at radius 3 is 2.52 bits per heavy atom. The van der Waals surface area contributed by atoms with Gasteiger partial charge in [0.15, 0.2) is 0 Å². The second kappa shape index (κ2) is 7.81. The summed E-state index contributed by atoms with van der Waals surface area (Å²) in [6.07, 6.45) is 1.55. The Labute approximate surface area is 147 Å². The number of carbonyl (C=O) groups is 1. The molecule has 0 aliphatic carbocycles. The molecule has 0 saturated heterocycles. The number of fused-ring (bicyclic) bond motifs is 1. The summed E-state index contributed by atoms with van der Waals surface area (Å²) in [6, 6.07) is 13.6. The van der Waals surface area contributed by atoms with Gasteiger partial charge in [-0.05, 0) is 29.3 Å². The van der Waals surface area contributed by atoms with Crippen LogP contribution in [0.4, 0.5) is 0 Å². The van der Waals surface area contributed by atoms with Gasteiger partial charge < -0.3 is 9.47 Å². The normalized spacial score (nSPS) is 13.7. The van der Waals surface area contributed by atoms with Gasteiger partial charge in [0, 0.05) is 18.7 Å². The topological polar surface area (TPSA) is 63.2 Å². The minimum absolute atomic E-state index is 0.147. The van der Waals surface area contributed by atoms with Gasteiger partial charge in [-0.1, -0.05) is 24.3 Å². The van der Waals surface area contributed by atoms with E-state index >= 15 is 0 Å². The molecule has 1 aliphatic heterocycles. The van der Waals surface area contributed by atoms with E-state index in [1.807, 2.05) is 12.1 Å². The van der Waals surface area contributed by atoms with Crippen LogP contribution in [0.1, 0.15) is 16.7 Å². The Kier molecular flexibility index (Phi) is 5.30. The molecule has 1 aliphatic rings. The van der Waals surface area contributed by atoms with Crippen LogP contribution < -0.4 is 14.9 Å². The zero-order valence-electron chi connectivity index (χ0n) is 14.4. The van der Waals surface area contributed by atoms with Gasteiger partial charge in [-0.3, -0.25) is 9.69 Å². The lowest BCUT2D eigenvalue weighted by Gasteiger charge is -2.12. The van der Waals surface area contributed by atoms with Gasteiger partial charge in [-0.25, -0.2) is 5.43 Å². The van der Waals surface area contributed by atoms with Gasteiger partial charge in [-0.2, -0.15) is 5.10 Å². The quantitative estimate of drug-likeness (QED) is 0.647. The molecule has 1 heterocycles. The molecule has 130 valence electrons. The van der Waals surface area contributed by atoms with Crippen LogP contribution in [-0.4, -0.2) is 37.8 Å². The maximum Gasteiger partial charge on any atom is 0.254 e. The average Bonchev–Trinajstić information content (AvgIpc) is 3.03. The number of benzene rings is 2. The molecule has 0 saturated carbocycles. The molecule has 0 aromatic heterocycles. The number of nitrogens with one attached hydrogen (secondary N) is 1. The molecule has 0 spiro atoms. The molecule has 3 rings (SSSR count). The number of nitrogens with zero attached hydrogens (tertiary/aromatic N) is 2. The van der Waals surface area contributed by atoms with Crippen molar-refractivity contribution in [1.29, 1.82) is 0 Å². The first-order chi connectivity index (χ1) is 12.2. The van der Waals surface area contributed by atoms with Crippen molar-refractivity contribution in [2.45, 2.75) is 13.1 Å². The van der Waals surface area contributed by atoms with Crippen molar-refractivity contribution in [2.24, 2.45) is 5.10 Å². The molecule has 0 atom stereocenters. The summed E-state index contributed by atoms with van der Waals surface area (Å²) in [5, 5.41) is 4.03. The molecule has 0 fully saturated rings. The number of carbonyl (C=O) groups excluding carboxylic acids is 1. The summed E-state index contributed by atoms with van der Waals surface area (Å²) in [6.45, 7) is 1.88. The van der Waals surface area contributed by atoms with Crippen molar-refractivity contribution < 1.29 is 14.3 Å². The van der Waals surface area contributed by atoms with Crippen LogP contribution >= 0.6 is 0 Å². The first kappa shape index (κ1) is 17.0. The smallest absolute Gasteiger partial charge is 0.254 e. The van der Waals surface area contributed by atoms with E-state index in [4.69, 9.17) is 9.47 Å². The molecule has 6 heteroatoms. The fraction of sp³-hybridized carbons (Fsp3) is 0.263. The van der Waals surface area contributed by atoms with Gasteiger partial charge in [0.1, 0.15) is 11.5 Å². The fourth-order valence-corrected chi connectivity index (χ4v) is 2.87. The molecule has 6 nitrogen and oxygen atoms in total. The third kappa shape index (κ3) is 4.16. The van der Waals surface area contributed by atoms with Crippen molar-refractivity contribution in [1.82, 2.24) is 10.3 Å². The number of hydrazone groups is 1. The standard InChI is InChI=1S/C19H21N3O3/c1-24-17-7-8-18(25-2)16(9-17)10-20-21-19(23)13-22-11-14-5-3-4-6-15(14)12-22/h3-10H,11-13H2,1-2H3,(H,21,23)/b20-10-. The SMILES string of the molecule is COc1ccc(OC)c(/C=N\NC(=O)CN2Cc3ccccc3C2)c1. The molecule has 1 amide bonds. The maximum atomic E-state index is 12.1. The van der Waals surface area contributed by atoms with Crippen LogP contribution in [0.25, 0.3) is 0 Å². The molecule has 0 radical (unpaired) electrons. The highest BCUT2D eigenvalue weighted by Crippen LogP contribution is 2.22. The number of methoxy groups -OCH3 is 2. The zero-order chi connectivity index (χ0) is 17.6. The average molecular weight is 339 g/mol. The van der Waals surface area contributed by atoms with E-state index in [0.29, 0.717) is 18.0 Å². The molecular weight excluding hydrogens is 318 g/mol. The molecule has 1 N–H and O–H groups in total. The summed E-state index contributed by atoms with van der Waals surface area (Å²) in [4.78, 5) is 14.2. The predicted molar refractivity (Wildman–Crippen MR) is 95.8 cm³/mol. The van der Waals surface area contributed by atoms with Gasteiger partial charge in [0.25, 0.3) is 5.91 Å². The minimum atomic E-state index is -0.147. The van der Waals surface area contributed by atoms with E-state index in [1.54, 1.807) is 38.6 Å². The van der Waals surface area contributed by atoms with Crippen LogP contribution in [0, 0.1) is 0 Å². The third-order valence-corrected chi connectivity index (χ3v) is 4.10. The Morgan fingerprint density at radius 1 is 1.16 bits per heavy atom. The van der Waals surface area contributed by atoms with E-state index in [2.05, 4.69) is 27.6 Å². The van der Waals surface area contributed by atoms with Gasteiger partial charge in [0.2, 0.25) is 0 Å². The minimum Gasteiger partial charge on any atom is -0.497 e. The van der Waals surface area contributed by atoms with Crippen LogP contribution in [0.15, 0.2) is 47.6 Å². The zero-order valence-corrected chi connectivity index (χ0v) is 14.4. The molecule has 2 aromatic carbocycles. The second-order valence-electron chi connectivity index (χ2n) is 5.81. The van der Waals surface area contributed by atoms with Crippen molar-refractivity contribution in [3.63, 3.8) is 0 Å². The lowest BCUT2D eigenvalue weighted by molar-refractivity contribution is -0.122. The Balaban J connectivity index is 1.55. The highest BCUT2D eigenvalue weighted by Gasteiger charge is 2.20. The molecule has 0 bridgehead atoms. The highest BCUT2D eigenvalue weighted by atomic mass is 16.5. The van der Waals surface area contributed by atoms with E-state index in [-0.39, 0.29) is 5.91 Å². The van der Waals surface area contributed by atoms with Gasteiger partial charge in [-0.15, -0.1) is 0 Å². The number of hydrogen-bond donors (Lipinski definition) is 1. The maximum absolute atomic E-state index is 12.1. The van der Waals surface area contributed by atoms with Crippen molar-refractivity contribution >= 4 is 12.1 Å². The lowest BCUT2D eigenvalue weighted by Crippen LogP contribution is -2.32. The second-order valence-corrected chi connectivity index (χ2v) is 5.81. The monoisotopic (exact) mass is 339 g/mol.